The second-order valence-electron chi connectivity index (χ2n) is 6.12. The molecular weight excluding hydrogens is 309 g/mol. The first kappa shape index (κ1) is 16.2. The quantitative estimate of drug-likeness (QED) is 0.857. The summed E-state index contributed by atoms with van der Waals surface area (Å²) >= 11 is 0. The smallest absolute Gasteiger partial charge is 0.326 e. The van der Waals surface area contributed by atoms with Crippen LogP contribution in [-0.4, -0.2) is 23.0 Å². The predicted octanol–water partition coefficient (Wildman–Crippen LogP) is 2.67. The predicted molar refractivity (Wildman–Crippen MR) is 87.0 cm³/mol. The minimum Gasteiger partial charge on any atom is -0.480 e. The van der Waals surface area contributed by atoms with Gasteiger partial charge in [0.05, 0.1) is 5.41 Å². The van der Waals surface area contributed by atoms with E-state index >= 15 is 0 Å². The van der Waals surface area contributed by atoms with Crippen molar-refractivity contribution in [2.75, 3.05) is 0 Å². The molecule has 0 heterocycles. The van der Waals surface area contributed by atoms with Crippen LogP contribution in [0.5, 0.6) is 0 Å². The Kier molecular flexibility index (Phi) is 4.34. The molecule has 1 amide bonds. The largest absolute Gasteiger partial charge is 0.480 e. The molecule has 3 rings (SSSR count). The van der Waals surface area contributed by atoms with Gasteiger partial charge in [-0.05, 0) is 24.5 Å². The molecule has 124 valence electrons. The molecule has 1 unspecified atom stereocenters. The molecule has 0 saturated heterocycles. The third-order valence-electron chi connectivity index (χ3n) is 4.46. The van der Waals surface area contributed by atoms with Gasteiger partial charge in [0, 0.05) is 12.0 Å². The molecule has 24 heavy (non-hydrogen) atoms. The van der Waals surface area contributed by atoms with E-state index in [1.165, 1.54) is 6.07 Å². The number of carbonyl (C=O) groups is 2. The van der Waals surface area contributed by atoms with Gasteiger partial charge in [0.2, 0.25) is 5.91 Å². The summed E-state index contributed by atoms with van der Waals surface area (Å²) in [6, 6.07) is 14.2. The number of carboxylic acid groups (broad SMARTS) is 1. The molecule has 0 bridgehead atoms. The van der Waals surface area contributed by atoms with Crippen LogP contribution in [0.1, 0.15) is 24.0 Å². The van der Waals surface area contributed by atoms with Crippen molar-refractivity contribution in [3.8, 4) is 0 Å². The van der Waals surface area contributed by atoms with E-state index in [9.17, 15) is 19.1 Å². The minimum atomic E-state index is -1.10. The fourth-order valence-electron chi connectivity index (χ4n) is 2.94. The van der Waals surface area contributed by atoms with E-state index in [0.717, 1.165) is 5.56 Å². The highest BCUT2D eigenvalue weighted by Crippen LogP contribution is 2.49. The van der Waals surface area contributed by atoms with Gasteiger partial charge < -0.3 is 10.4 Å². The molecule has 5 heteroatoms. The van der Waals surface area contributed by atoms with Crippen molar-refractivity contribution in [1.82, 2.24) is 5.32 Å². The van der Waals surface area contributed by atoms with Gasteiger partial charge in [-0.1, -0.05) is 48.5 Å². The van der Waals surface area contributed by atoms with Crippen molar-refractivity contribution in [3.05, 3.63) is 71.5 Å². The Morgan fingerprint density at radius 3 is 2.29 bits per heavy atom. The molecule has 0 spiro atoms. The van der Waals surface area contributed by atoms with Crippen LogP contribution in [0.3, 0.4) is 0 Å². The Morgan fingerprint density at radius 1 is 1.08 bits per heavy atom. The third-order valence-corrected chi connectivity index (χ3v) is 4.46. The van der Waals surface area contributed by atoms with Crippen molar-refractivity contribution in [3.63, 3.8) is 0 Å². The highest BCUT2D eigenvalue weighted by Gasteiger charge is 2.53. The maximum atomic E-state index is 14.0. The van der Waals surface area contributed by atoms with Crippen LogP contribution in [0.25, 0.3) is 0 Å². The number of aliphatic carboxylic acids is 1. The van der Waals surface area contributed by atoms with E-state index in [1.807, 2.05) is 30.3 Å². The SMILES string of the molecule is O=C(O)C(Cc1ccccc1)NC(=O)C1(c2ccccc2F)CC1. The molecule has 4 nitrogen and oxygen atoms in total. The highest BCUT2D eigenvalue weighted by atomic mass is 19.1. The van der Waals surface area contributed by atoms with Crippen LogP contribution in [0.2, 0.25) is 0 Å². The standard InChI is InChI=1S/C19H18FNO3/c20-15-9-5-4-8-14(15)19(10-11-19)18(24)21-16(17(22)23)12-13-6-2-1-3-7-13/h1-9,16H,10-12H2,(H,21,24)(H,22,23). The van der Waals surface area contributed by atoms with Gasteiger partial charge in [-0.3, -0.25) is 4.79 Å². The lowest BCUT2D eigenvalue weighted by Crippen LogP contribution is -2.47. The molecule has 1 saturated carbocycles. The molecule has 0 radical (unpaired) electrons. The van der Waals surface area contributed by atoms with Crippen LogP contribution in [-0.2, 0) is 21.4 Å². The number of halogens is 1. The summed E-state index contributed by atoms with van der Waals surface area (Å²) < 4.78 is 14.0. The van der Waals surface area contributed by atoms with Gasteiger partial charge in [0.1, 0.15) is 11.9 Å². The van der Waals surface area contributed by atoms with Gasteiger partial charge in [-0.25, -0.2) is 9.18 Å². The first-order chi connectivity index (χ1) is 11.5. The van der Waals surface area contributed by atoms with Crippen LogP contribution in [0.15, 0.2) is 54.6 Å². The molecule has 2 N–H and O–H groups in total. The fraction of sp³-hybridized carbons (Fsp3) is 0.263. The number of rotatable bonds is 6. The van der Waals surface area contributed by atoms with Crippen molar-refractivity contribution in [2.45, 2.75) is 30.7 Å². The Balaban J connectivity index is 1.77. The van der Waals surface area contributed by atoms with Crippen LogP contribution < -0.4 is 5.32 Å². The molecule has 1 atom stereocenters. The Labute approximate surface area is 139 Å². The minimum absolute atomic E-state index is 0.190. The second-order valence-corrected chi connectivity index (χ2v) is 6.12. The lowest BCUT2D eigenvalue weighted by Gasteiger charge is -2.20. The van der Waals surface area contributed by atoms with Crippen LogP contribution >= 0.6 is 0 Å². The average Bonchev–Trinajstić information content (AvgIpc) is 3.37. The zero-order valence-corrected chi connectivity index (χ0v) is 13.0. The Hall–Kier alpha value is -2.69. The van der Waals surface area contributed by atoms with Crippen molar-refractivity contribution in [2.24, 2.45) is 0 Å². The van der Waals surface area contributed by atoms with Gasteiger partial charge >= 0.3 is 5.97 Å². The number of carboxylic acids is 1. The summed E-state index contributed by atoms with van der Waals surface area (Å²) in [5.74, 6) is -1.95. The van der Waals surface area contributed by atoms with Crippen LogP contribution in [0.4, 0.5) is 4.39 Å². The molecule has 2 aromatic rings. The van der Waals surface area contributed by atoms with Gasteiger partial charge in [0.15, 0.2) is 0 Å². The van der Waals surface area contributed by atoms with Crippen molar-refractivity contribution < 1.29 is 19.1 Å². The van der Waals surface area contributed by atoms with E-state index in [0.29, 0.717) is 18.4 Å². The summed E-state index contributed by atoms with van der Waals surface area (Å²) in [6.45, 7) is 0. The molecule has 0 aromatic heterocycles. The zero-order valence-electron chi connectivity index (χ0n) is 13.0. The molecule has 1 aliphatic rings. The van der Waals surface area contributed by atoms with E-state index in [4.69, 9.17) is 0 Å². The maximum Gasteiger partial charge on any atom is 0.326 e. The monoisotopic (exact) mass is 327 g/mol. The Bertz CT molecular complexity index is 756. The van der Waals surface area contributed by atoms with Gasteiger partial charge in [0.25, 0.3) is 0 Å². The maximum absolute atomic E-state index is 14.0. The van der Waals surface area contributed by atoms with E-state index < -0.39 is 29.2 Å². The summed E-state index contributed by atoms with van der Waals surface area (Å²) in [7, 11) is 0. The Morgan fingerprint density at radius 2 is 1.71 bits per heavy atom. The summed E-state index contributed by atoms with van der Waals surface area (Å²) in [6.07, 6.45) is 1.24. The topological polar surface area (TPSA) is 66.4 Å². The second kappa shape index (κ2) is 6.43. The van der Waals surface area contributed by atoms with Crippen LogP contribution in [0, 0.1) is 5.82 Å². The van der Waals surface area contributed by atoms with Crippen molar-refractivity contribution >= 4 is 11.9 Å². The molecule has 0 aliphatic heterocycles. The molecular formula is C19H18FNO3. The first-order valence-corrected chi connectivity index (χ1v) is 7.86. The molecule has 1 fully saturated rings. The highest BCUT2D eigenvalue weighted by molar-refractivity contribution is 5.94. The van der Waals surface area contributed by atoms with Gasteiger partial charge in [-0.2, -0.15) is 0 Å². The fourth-order valence-corrected chi connectivity index (χ4v) is 2.94. The van der Waals surface area contributed by atoms with E-state index in [-0.39, 0.29) is 6.42 Å². The number of hydrogen-bond donors (Lipinski definition) is 2. The number of hydrogen-bond acceptors (Lipinski definition) is 2. The van der Waals surface area contributed by atoms with E-state index in [2.05, 4.69) is 5.32 Å². The third kappa shape index (κ3) is 3.15. The lowest BCUT2D eigenvalue weighted by molar-refractivity contribution is -0.142. The number of amides is 1. The lowest BCUT2D eigenvalue weighted by atomic mass is 9.93. The van der Waals surface area contributed by atoms with Gasteiger partial charge in [-0.15, -0.1) is 0 Å². The molecule has 1 aliphatic carbocycles. The normalized spacial score (nSPS) is 16.2. The first-order valence-electron chi connectivity index (χ1n) is 7.86. The number of carbonyl (C=O) groups excluding carboxylic acids is 1. The number of nitrogens with one attached hydrogen (secondary N) is 1. The summed E-state index contributed by atoms with van der Waals surface area (Å²) in [4.78, 5) is 24.1. The average molecular weight is 327 g/mol. The van der Waals surface area contributed by atoms with E-state index in [1.54, 1.807) is 18.2 Å². The van der Waals surface area contributed by atoms with Crippen molar-refractivity contribution in [1.29, 1.82) is 0 Å². The summed E-state index contributed by atoms with van der Waals surface area (Å²) in [5, 5.41) is 12.0. The number of benzene rings is 2. The summed E-state index contributed by atoms with van der Waals surface area (Å²) in [5.41, 5.74) is 0.225. The molecule has 2 aromatic carbocycles. The zero-order chi connectivity index (χ0) is 17.2.